The van der Waals surface area contributed by atoms with Gasteiger partial charge in [-0.2, -0.15) is 0 Å². The van der Waals surface area contributed by atoms with Crippen molar-refractivity contribution in [1.82, 2.24) is 4.91 Å². The van der Waals surface area contributed by atoms with Crippen LogP contribution in [-0.4, -0.2) is 8.80 Å². The van der Waals surface area contributed by atoms with Crippen molar-refractivity contribution >= 4 is 8.80 Å². The van der Waals surface area contributed by atoms with E-state index in [0.29, 0.717) is 0 Å². The number of nitrogens with zero attached hydrogens (tertiary/aromatic N) is 2. The minimum atomic E-state index is 0.120. The predicted molar refractivity (Wildman–Crippen MR) is 37.6 cm³/mol. The molecule has 0 fully saturated rings. The van der Waals surface area contributed by atoms with E-state index in [-0.39, 0.29) is 8.80 Å². The Morgan fingerprint density at radius 3 is 1.22 bits per heavy atom. The highest BCUT2D eigenvalue weighted by atomic mass is 28.3. The summed E-state index contributed by atoms with van der Waals surface area (Å²) in [4.78, 5) is 2.00. The molecule has 0 amide bonds. The molecule has 0 saturated heterocycles. The summed E-state index contributed by atoms with van der Waals surface area (Å²) in [7, 11) is 0.120. The Morgan fingerprint density at radius 1 is 1.22 bits per heavy atom. The monoisotopic (exact) mass is 144 g/mol. The van der Waals surface area contributed by atoms with Gasteiger partial charge in [0, 0.05) is 15.4 Å². The number of hydrogen-bond acceptors (Lipinski definition) is 3. The number of nitriles is 1. The standard InChI is InChI=1S/C3H9Si.CHN.H2N3/c1-4(2)3;1-2;1-3-2/h1-3H3;1H;1-2H/q;;+1. The summed E-state index contributed by atoms with van der Waals surface area (Å²) >= 11 is 0. The van der Waals surface area contributed by atoms with Crippen molar-refractivity contribution < 1.29 is 0 Å². The van der Waals surface area contributed by atoms with E-state index in [2.05, 4.69) is 26.2 Å². The van der Waals surface area contributed by atoms with Crippen molar-refractivity contribution in [3.8, 4) is 6.57 Å². The molecule has 0 heterocycles. The molecule has 0 aliphatic rings. The van der Waals surface area contributed by atoms with Gasteiger partial charge >= 0.3 is 0 Å². The molecule has 2 N–H and O–H groups in total. The van der Waals surface area contributed by atoms with Crippen LogP contribution in [0, 0.1) is 22.9 Å². The predicted octanol–water partition coefficient (Wildman–Crippen LogP) is 1.63. The molecule has 0 aromatic carbocycles. The molecule has 0 rings (SSSR count). The molecule has 0 aliphatic carbocycles. The summed E-state index contributed by atoms with van der Waals surface area (Å²) in [6, 6.07) is 0. The Kier molecular flexibility index (Phi) is 48.6. The number of hydrogen-bond donors (Lipinski definition) is 2. The van der Waals surface area contributed by atoms with E-state index in [1.165, 1.54) is 0 Å². The Morgan fingerprint density at radius 2 is 1.22 bits per heavy atom. The van der Waals surface area contributed by atoms with Crippen LogP contribution < -0.4 is 4.91 Å². The first kappa shape index (κ1) is 15.7. The maximum absolute atomic E-state index is 6.50. The minimum Gasteiger partial charge on any atom is -0.202 e. The van der Waals surface area contributed by atoms with E-state index in [1.54, 1.807) is 0 Å². The maximum Gasteiger partial charge on any atom is 0.211 e. The molecule has 0 spiro atoms. The smallest absolute Gasteiger partial charge is 0.202 e. The van der Waals surface area contributed by atoms with Gasteiger partial charge in [0.05, 0.1) is 0 Å². The largest absolute Gasteiger partial charge is 0.211 e. The third-order valence-electron chi connectivity index (χ3n) is 0. The van der Waals surface area contributed by atoms with Gasteiger partial charge in [-0.05, 0) is 0 Å². The van der Waals surface area contributed by atoms with Gasteiger partial charge < -0.3 is 0 Å². The molecule has 0 aliphatic heterocycles. The second-order valence-corrected chi connectivity index (χ2v) is 4.61. The van der Waals surface area contributed by atoms with Crippen molar-refractivity contribution in [2.24, 2.45) is 0 Å². The van der Waals surface area contributed by atoms with Gasteiger partial charge in [0.1, 0.15) is 11.1 Å². The lowest BCUT2D eigenvalue weighted by atomic mass is 11.8. The lowest BCUT2D eigenvalue weighted by molar-refractivity contribution is 0.928. The Labute approximate surface area is 57.1 Å². The minimum absolute atomic E-state index is 0.120. The summed E-state index contributed by atoms with van der Waals surface area (Å²) in [6.45, 7) is 10.3. The highest BCUT2D eigenvalue weighted by Gasteiger charge is 1.72. The SMILES string of the molecule is C#N.C[Si](C)C.N=[N+]=N. The first-order chi connectivity index (χ1) is 4.15. The average molecular weight is 144 g/mol. The molecule has 0 aromatic rings. The quantitative estimate of drug-likeness (QED) is 0.302. The van der Waals surface area contributed by atoms with E-state index < -0.39 is 0 Å². The molecule has 0 atom stereocenters. The molecule has 4 nitrogen and oxygen atoms in total. The van der Waals surface area contributed by atoms with Gasteiger partial charge in [-0.1, -0.05) is 19.6 Å². The van der Waals surface area contributed by atoms with E-state index in [9.17, 15) is 0 Å². The van der Waals surface area contributed by atoms with Gasteiger partial charge in [-0.25, -0.2) is 5.26 Å². The zero-order valence-electron chi connectivity index (χ0n) is 5.97. The van der Waals surface area contributed by atoms with Crippen LogP contribution in [0.4, 0.5) is 0 Å². The molecule has 9 heavy (non-hydrogen) atoms. The third kappa shape index (κ3) is 183. The van der Waals surface area contributed by atoms with Gasteiger partial charge in [0.25, 0.3) is 0 Å². The molecule has 0 saturated carbocycles. The van der Waals surface area contributed by atoms with Crippen LogP contribution in [0.1, 0.15) is 0 Å². The van der Waals surface area contributed by atoms with E-state index >= 15 is 0 Å². The molecule has 0 unspecified atom stereocenters. The van der Waals surface area contributed by atoms with Crippen molar-refractivity contribution in [1.29, 1.82) is 16.3 Å². The van der Waals surface area contributed by atoms with E-state index in [0.717, 1.165) is 0 Å². The van der Waals surface area contributed by atoms with Crippen molar-refractivity contribution in [3.63, 3.8) is 0 Å². The highest BCUT2D eigenvalue weighted by molar-refractivity contribution is 6.54. The molecular weight excluding hydrogens is 132 g/mol. The lowest BCUT2D eigenvalue weighted by Crippen LogP contribution is -1.84. The summed E-state index contributed by atoms with van der Waals surface area (Å²) < 4.78 is 0. The van der Waals surface area contributed by atoms with Crippen LogP contribution in [0.3, 0.4) is 0 Å². The fraction of sp³-hybridized carbons (Fsp3) is 0.750. The summed E-state index contributed by atoms with van der Waals surface area (Å²) in [5.74, 6) is 0. The van der Waals surface area contributed by atoms with Crippen molar-refractivity contribution in [3.05, 3.63) is 0 Å². The van der Waals surface area contributed by atoms with Gasteiger partial charge in [-0.3, -0.25) is 0 Å². The first-order valence-electron chi connectivity index (χ1n) is 2.21. The van der Waals surface area contributed by atoms with Gasteiger partial charge in [0.15, 0.2) is 0 Å². The van der Waals surface area contributed by atoms with E-state index in [4.69, 9.17) is 16.3 Å². The molecular formula is C4H12N4Si+. The van der Waals surface area contributed by atoms with Crippen LogP contribution in [-0.2, 0) is 0 Å². The van der Waals surface area contributed by atoms with Crippen LogP contribution in [0.2, 0.25) is 19.6 Å². The van der Waals surface area contributed by atoms with Crippen LogP contribution in [0.25, 0.3) is 0 Å². The molecule has 5 heteroatoms. The molecule has 0 bridgehead atoms. The Balaban J connectivity index is -0.0000000646. The van der Waals surface area contributed by atoms with Crippen molar-refractivity contribution in [2.45, 2.75) is 19.6 Å². The highest BCUT2D eigenvalue weighted by Crippen LogP contribution is 1.68. The van der Waals surface area contributed by atoms with Crippen LogP contribution in [0.5, 0.6) is 0 Å². The van der Waals surface area contributed by atoms with Crippen molar-refractivity contribution in [2.75, 3.05) is 0 Å². The normalized spacial score (nSPS) is 5.11. The van der Waals surface area contributed by atoms with Gasteiger partial charge in [-0.15, -0.1) is 0 Å². The second-order valence-electron chi connectivity index (χ2n) is 1.61. The summed E-state index contributed by atoms with van der Waals surface area (Å²) in [5.41, 5.74) is 11.0. The Bertz CT molecular complexity index is 79.1. The van der Waals surface area contributed by atoms with Gasteiger partial charge in [0.2, 0.25) is 4.91 Å². The fourth-order valence-electron chi connectivity index (χ4n) is 0. The van der Waals surface area contributed by atoms with Crippen LogP contribution >= 0.6 is 0 Å². The molecule has 51 valence electrons. The third-order valence-corrected chi connectivity index (χ3v) is 0. The summed E-state index contributed by atoms with van der Waals surface area (Å²) in [5, 5.41) is 6.50. The fourth-order valence-corrected chi connectivity index (χ4v) is 0. The Hall–Kier alpha value is -0.983. The maximum atomic E-state index is 6.50. The lowest BCUT2D eigenvalue weighted by Gasteiger charge is -1.75. The van der Waals surface area contributed by atoms with Crippen LogP contribution in [0.15, 0.2) is 0 Å². The first-order valence-corrected chi connectivity index (χ1v) is 5.21. The second kappa shape index (κ2) is 27.9. The number of nitrogens with one attached hydrogen (secondary N) is 2. The molecule has 1 radical (unpaired) electrons. The average Bonchev–Trinajstić information content (AvgIpc) is 1.71. The zero-order valence-corrected chi connectivity index (χ0v) is 6.97. The molecule has 0 aromatic heterocycles. The number of rotatable bonds is 0. The zero-order chi connectivity index (χ0) is 8.28. The topological polar surface area (TPSA) is 85.6 Å². The van der Waals surface area contributed by atoms with E-state index in [1.807, 2.05) is 4.91 Å². The summed E-state index contributed by atoms with van der Waals surface area (Å²) in [6.07, 6.45) is 0.